The van der Waals surface area contributed by atoms with Gasteiger partial charge in [-0.05, 0) is 35.2 Å². The maximum atomic E-state index is 10.00. The summed E-state index contributed by atoms with van der Waals surface area (Å²) in [6.45, 7) is 0.692. The highest BCUT2D eigenvalue weighted by molar-refractivity contribution is 5.91. The molecule has 0 radical (unpaired) electrons. The fourth-order valence-electron chi connectivity index (χ4n) is 3.05. The highest BCUT2D eigenvalue weighted by Gasteiger charge is 2.26. The van der Waals surface area contributed by atoms with Crippen LogP contribution in [-0.4, -0.2) is 20.4 Å². The lowest BCUT2D eigenvalue weighted by Crippen LogP contribution is -2.39. The van der Waals surface area contributed by atoms with E-state index in [4.69, 9.17) is 0 Å². The molecule has 0 fully saturated rings. The molecule has 0 aliphatic carbocycles. The van der Waals surface area contributed by atoms with Crippen molar-refractivity contribution in [2.45, 2.75) is 13.0 Å². The number of rotatable bonds is 0. The fraction of sp³-hybridized carbons (Fsp3) is 0.118. The maximum Gasteiger partial charge on any atom is 0.213 e. The van der Waals surface area contributed by atoms with E-state index < -0.39 is 0 Å². The van der Waals surface area contributed by atoms with Gasteiger partial charge in [0.05, 0.1) is 10.9 Å². The van der Waals surface area contributed by atoms with Crippen molar-refractivity contribution in [2.75, 3.05) is 0 Å². The zero-order chi connectivity index (χ0) is 15.4. The molecule has 2 aromatic carbocycles. The van der Waals surface area contributed by atoms with Crippen LogP contribution < -0.4 is 4.57 Å². The first-order chi connectivity index (χ1) is 10.5. The molecule has 0 amide bonds. The van der Waals surface area contributed by atoms with Crippen LogP contribution in [0.3, 0.4) is 0 Å². The van der Waals surface area contributed by atoms with E-state index >= 15 is 0 Å². The van der Waals surface area contributed by atoms with E-state index in [-0.39, 0.29) is 23.0 Å². The lowest BCUT2D eigenvalue weighted by atomic mass is 9.95. The summed E-state index contributed by atoms with van der Waals surface area (Å²) in [5, 5.41) is 40.4. The van der Waals surface area contributed by atoms with Crippen LogP contribution in [0.2, 0.25) is 0 Å². The second kappa shape index (κ2) is 4.27. The van der Waals surface area contributed by atoms with Gasteiger partial charge in [0.2, 0.25) is 5.69 Å². The Labute approximate surface area is 126 Å². The normalized spacial score (nSPS) is 12.9. The number of pyridine rings is 1. The molecule has 4 N–H and O–H groups in total. The van der Waals surface area contributed by atoms with E-state index in [0.29, 0.717) is 18.4 Å². The smallest absolute Gasteiger partial charge is 0.213 e. The first kappa shape index (κ1) is 12.8. The van der Waals surface area contributed by atoms with Crippen molar-refractivity contribution in [3.05, 3.63) is 42.1 Å². The topological polar surface area (TPSA) is 84.8 Å². The summed E-state index contributed by atoms with van der Waals surface area (Å²) in [5.41, 5.74) is 2.72. The van der Waals surface area contributed by atoms with Crippen LogP contribution in [-0.2, 0) is 13.0 Å². The predicted molar refractivity (Wildman–Crippen MR) is 79.9 cm³/mol. The molecular weight excluding hydrogens is 282 g/mol. The number of aryl methyl sites for hydroxylation is 2. The zero-order valence-electron chi connectivity index (χ0n) is 11.6. The molecule has 1 aromatic heterocycles. The number of aromatic nitrogens is 1. The quantitative estimate of drug-likeness (QED) is 0.378. The van der Waals surface area contributed by atoms with Crippen LogP contribution in [0.15, 0.2) is 36.5 Å². The predicted octanol–water partition coefficient (Wildman–Crippen LogP) is 2.17. The minimum Gasteiger partial charge on any atom is -0.504 e. The average Bonchev–Trinajstić information content (AvgIpc) is 2.51. The number of hydrogen-bond acceptors (Lipinski definition) is 4. The van der Waals surface area contributed by atoms with E-state index in [1.165, 1.54) is 6.07 Å². The molecule has 22 heavy (non-hydrogen) atoms. The van der Waals surface area contributed by atoms with Crippen LogP contribution in [0.25, 0.3) is 22.0 Å². The fourth-order valence-corrected chi connectivity index (χ4v) is 3.05. The molecule has 4 rings (SSSR count). The summed E-state index contributed by atoms with van der Waals surface area (Å²) in [6.07, 6.45) is 2.51. The number of hydrogen-bond donors (Lipinski definition) is 4. The van der Waals surface area contributed by atoms with Gasteiger partial charge in [0.15, 0.2) is 35.7 Å². The van der Waals surface area contributed by atoms with Crippen molar-refractivity contribution < 1.29 is 25.0 Å². The van der Waals surface area contributed by atoms with Gasteiger partial charge in [0, 0.05) is 12.5 Å². The van der Waals surface area contributed by atoms with Crippen LogP contribution in [0.4, 0.5) is 0 Å². The minimum atomic E-state index is -0.152. The third-order valence-corrected chi connectivity index (χ3v) is 4.21. The Hall–Kier alpha value is -2.95. The largest absolute Gasteiger partial charge is 0.504 e. The number of nitrogens with zero attached hydrogens (tertiary/aromatic N) is 1. The molecule has 0 spiro atoms. The lowest BCUT2D eigenvalue weighted by Gasteiger charge is -2.16. The Balaban J connectivity index is 2.03. The van der Waals surface area contributed by atoms with Crippen molar-refractivity contribution in [1.82, 2.24) is 0 Å². The Morgan fingerprint density at radius 1 is 0.864 bits per heavy atom. The first-order valence-corrected chi connectivity index (χ1v) is 6.98. The van der Waals surface area contributed by atoms with Crippen LogP contribution in [0.1, 0.15) is 5.56 Å². The molecule has 1 aliphatic rings. The summed E-state index contributed by atoms with van der Waals surface area (Å²) in [5.74, 6) is -0.546. The van der Waals surface area contributed by atoms with E-state index in [0.717, 1.165) is 22.2 Å². The van der Waals surface area contributed by atoms with Crippen molar-refractivity contribution >= 4 is 10.8 Å². The molecule has 0 bridgehead atoms. The lowest BCUT2D eigenvalue weighted by molar-refractivity contribution is -0.686. The van der Waals surface area contributed by atoms with E-state index in [1.807, 2.05) is 10.6 Å². The van der Waals surface area contributed by atoms with Gasteiger partial charge >= 0.3 is 0 Å². The Bertz CT molecular complexity index is 934. The Kier molecular flexibility index (Phi) is 2.48. The average molecular weight is 296 g/mol. The molecule has 0 saturated heterocycles. The Morgan fingerprint density at radius 2 is 1.64 bits per heavy atom. The van der Waals surface area contributed by atoms with Crippen molar-refractivity contribution in [3.63, 3.8) is 0 Å². The number of aromatic hydroxyl groups is 4. The summed E-state index contributed by atoms with van der Waals surface area (Å²) in [7, 11) is 0. The SMILES string of the molecule is Oc1cc2c(cc1O)-c1cc3ccc(O)c(O)c3c[n+]1CC2. The van der Waals surface area contributed by atoms with E-state index in [9.17, 15) is 20.4 Å². The van der Waals surface area contributed by atoms with Gasteiger partial charge in [-0.2, -0.15) is 4.57 Å². The second-order valence-electron chi connectivity index (χ2n) is 5.54. The summed E-state index contributed by atoms with van der Waals surface area (Å²) >= 11 is 0. The minimum absolute atomic E-state index is 0.115. The van der Waals surface area contributed by atoms with Crippen LogP contribution in [0.5, 0.6) is 23.0 Å². The van der Waals surface area contributed by atoms with Crippen molar-refractivity contribution in [3.8, 4) is 34.3 Å². The van der Waals surface area contributed by atoms with E-state index in [2.05, 4.69) is 0 Å². The molecule has 5 nitrogen and oxygen atoms in total. The number of benzene rings is 2. The highest BCUT2D eigenvalue weighted by Crippen LogP contribution is 2.38. The Morgan fingerprint density at radius 3 is 2.45 bits per heavy atom. The van der Waals surface area contributed by atoms with Crippen LogP contribution >= 0.6 is 0 Å². The molecule has 0 saturated carbocycles. The molecule has 5 heteroatoms. The van der Waals surface area contributed by atoms with Crippen molar-refractivity contribution in [1.29, 1.82) is 0 Å². The molecule has 1 aliphatic heterocycles. The molecule has 110 valence electrons. The third-order valence-electron chi connectivity index (χ3n) is 4.21. The summed E-state index contributed by atoms with van der Waals surface area (Å²) < 4.78 is 1.97. The summed E-state index contributed by atoms with van der Waals surface area (Å²) in [4.78, 5) is 0. The maximum absolute atomic E-state index is 10.00. The van der Waals surface area contributed by atoms with Gasteiger partial charge in [0.1, 0.15) is 0 Å². The molecule has 0 unspecified atom stereocenters. The van der Waals surface area contributed by atoms with Gasteiger partial charge in [-0.3, -0.25) is 0 Å². The van der Waals surface area contributed by atoms with Gasteiger partial charge in [-0.15, -0.1) is 0 Å². The summed E-state index contributed by atoms with van der Waals surface area (Å²) in [6, 6.07) is 8.24. The first-order valence-electron chi connectivity index (χ1n) is 6.98. The number of phenols is 4. The molecular formula is C17H14NO4+. The van der Waals surface area contributed by atoms with Gasteiger partial charge in [0.25, 0.3) is 0 Å². The number of fused-ring (bicyclic) bond motifs is 4. The van der Waals surface area contributed by atoms with Gasteiger partial charge in [-0.25, -0.2) is 0 Å². The number of phenolic OH excluding ortho intramolecular Hbond substituents is 4. The second-order valence-corrected chi connectivity index (χ2v) is 5.54. The van der Waals surface area contributed by atoms with Gasteiger partial charge < -0.3 is 20.4 Å². The molecule has 3 aromatic rings. The molecule has 0 atom stereocenters. The molecule has 2 heterocycles. The standard InChI is InChI=1S/C17H13NO4/c19-14-2-1-9-5-13-11-7-16(21)15(20)6-10(11)3-4-18(13)8-12(9)17(14)22/h1-2,5-8H,3-4H2,(H3,19,20,21,22)/p+1. The van der Waals surface area contributed by atoms with Crippen molar-refractivity contribution in [2.24, 2.45) is 0 Å². The highest BCUT2D eigenvalue weighted by atomic mass is 16.3. The third kappa shape index (κ3) is 1.69. The monoisotopic (exact) mass is 296 g/mol. The van der Waals surface area contributed by atoms with Crippen LogP contribution in [0, 0.1) is 0 Å². The van der Waals surface area contributed by atoms with Gasteiger partial charge in [-0.1, -0.05) is 0 Å². The van der Waals surface area contributed by atoms with E-state index in [1.54, 1.807) is 24.4 Å². The zero-order valence-corrected chi connectivity index (χ0v) is 11.6.